The topological polar surface area (TPSA) is 69.1 Å². The number of hydrogen-bond donors (Lipinski definition) is 2. The standard InChI is InChI=1S/C25H39N5O/c1-7-10-12-21(28-22(9-3)30-15-14-26-19(5)17-30)20(6)24-18(4)16-23(31)29-25(24)27-13-11-8-2/h9-13,18-19,26H,7-8,14-17H2,1-6H3,(H,27,29,31)/b12-10+,13-11+,22-9+,24-20+,28-21+. The van der Waals surface area contributed by atoms with E-state index in [1.165, 1.54) is 0 Å². The summed E-state index contributed by atoms with van der Waals surface area (Å²) in [5.74, 6) is 1.72. The van der Waals surface area contributed by atoms with E-state index in [1.807, 2.05) is 13.0 Å². The Morgan fingerprint density at radius 1 is 1.23 bits per heavy atom. The minimum atomic E-state index is 0.0132. The fourth-order valence-electron chi connectivity index (χ4n) is 3.94. The maximum absolute atomic E-state index is 12.2. The molecule has 2 saturated heterocycles. The lowest BCUT2D eigenvalue weighted by molar-refractivity contribution is -0.120. The van der Waals surface area contributed by atoms with Gasteiger partial charge in [-0.1, -0.05) is 32.9 Å². The van der Waals surface area contributed by atoms with Crippen molar-refractivity contribution in [3.8, 4) is 0 Å². The molecule has 6 nitrogen and oxygen atoms in total. The van der Waals surface area contributed by atoms with Crippen LogP contribution in [-0.4, -0.2) is 48.0 Å². The molecule has 0 aliphatic carbocycles. The third kappa shape index (κ3) is 7.03. The molecule has 2 unspecified atom stereocenters. The van der Waals surface area contributed by atoms with Gasteiger partial charge in [-0.15, -0.1) is 0 Å². The van der Waals surface area contributed by atoms with Gasteiger partial charge in [-0.2, -0.15) is 0 Å². The Labute approximate surface area is 188 Å². The maximum Gasteiger partial charge on any atom is 0.226 e. The zero-order valence-electron chi connectivity index (χ0n) is 20.0. The number of aliphatic imine (C=N–C) groups is 2. The molecule has 6 heteroatoms. The molecule has 0 saturated carbocycles. The van der Waals surface area contributed by atoms with Crippen molar-refractivity contribution in [1.82, 2.24) is 15.5 Å². The van der Waals surface area contributed by atoms with E-state index in [1.54, 1.807) is 6.20 Å². The number of piperazine rings is 1. The summed E-state index contributed by atoms with van der Waals surface area (Å²) in [6.45, 7) is 15.4. The van der Waals surface area contributed by atoms with Gasteiger partial charge < -0.3 is 15.5 Å². The first-order valence-electron chi connectivity index (χ1n) is 11.5. The summed E-state index contributed by atoms with van der Waals surface area (Å²) >= 11 is 0. The van der Waals surface area contributed by atoms with Crippen LogP contribution in [0.5, 0.6) is 0 Å². The Morgan fingerprint density at radius 2 is 1.97 bits per heavy atom. The molecule has 2 fully saturated rings. The second-order valence-corrected chi connectivity index (χ2v) is 8.22. The van der Waals surface area contributed by atoms with Crippen molar-refractivity contribution in [2.45, 2.75) is 66.8 Å². The molecule has 2 aliphatic rings. The molecule has 2 aliphatic heterocycles. The number of hydrogen-bond acceptors (Lipinski definition) is 5. The van der Waals surface area contributed by atoms with Crippen LogP contribution in [0.15, 0.2) is 57.5 Å². The molecule has 0 aromatic carbocycles. The number of amidine groups is 1. The maximum atomic E-state index is 12.2. The first kappa shape index (κ1) is 24.8. The van der Waals surface area contributed by atoms with Crippen molar-refractivity contribution in [1.29, 1.82) is 0 Å². The number of allylic oxidation sites excluding steroid dienone is 5. The number of rotatable bonds is 7. The Balaban J connectivity index is 2.53. The van der Waals surface area contributed by atoms with Gasteiger partial charge in [0.05, 0.1) is 5.71 Å². The molecule has 0 aromatic heterocycles. The summed E-state index contributed by atoms with van der Waals surface area (Å²) in [5, 5.41) is 6.46. The van der Waals surface area contributed by atoms with E-state index in [0.717, 1.165) is 55.2 Å². The Hall–Kier alpha value is -2.47. The Bertz CT molecular complexity index is 816. The van der Waals surface area contributed by atoms with Crippen LogP contribution in [0, 0.1) is 5.92 Å². The molecule has 2 N–H and O–H groups in total. The van der Waals surface area contributed by atoms with Crippen molar-refractivity contribution >= 4 is 17.5 Å². The van der Waals surface area contributed by atoms with Gasteiger partial charge in [-0.25, -0.2) is 9.98 Å². The lowest BCUT2D eigenvalue weighted by Crippen LogP contribution is -2.48. The highest BCUT2D eigenvalue weighted by Gasteiger charge is 2.28. The van der Waals surface area contributed by atoms with Crippen molar-refractivity contribution in [2.75, 3.05) is 19.6 Å². The first-order chi connectivity index (χ1) is 14.9. The smallest absolute Gasteiger partial charge is 0.226 e. The fraction of sp³-hybridized carbons (Fsp3) is 0.560. The number of nitrogens with zero attached hydrogens (tertiary/aromatic N) is 3. The summed E-state index contributed by atoms with van der Waals surface area (Å²) in [6, 6.07) is 0.436. The highest BCUT2D eigenvalue weighted by molar-refractivity contribution is 6.18. The monoisotopic (exact) mass is 425 g/mol. The van der Waals surface area contributed by atoms with Crippen LogP contribution in [0.1, 0.15) is 60.8 Å². The molecule has 2 atom stereocenters. The molecule has 0 bridgehead atoms. The van der Waals surface area contributed by atoms with Gasteiger partial charge in [-0.3, -0.25) is 4.79 Å². The normalized spacial score (nSPS) is 26.8. The van der Waals surface area contributed by atoms with Gasteiger partial charge in [0.2, 0.25) is 5.91 Å². The molecule has 31 heavy (non-hydrogen) atoms. The molecule has 2 rings (SSSR count). The van der Waals surface area contributed by atoms with E-state index in [9.17, 15) is 4.79 Å². The Morgan fingerprint density at radius 3 is 2.61 bits per heavy atom. The summed E-state index contributed by atoms with van der Waals surface area (Å²) in [6.07, 6.45) is 12.4. The second kappa shape index (κ2) is 12.4. The fourth-order valence-corrected chi connectivity index (χ4v) is 3.94. The summed E-state index contributed by atoms with van der Waals surface area (Å²) in [5.41, 5.74) is 3.04. The molecular weight excluding hydrogens is 386 g/mol. The van der Waals surface area contributed by atoms with E-state index >= 15 is 0 Å². The molecule has 0 aromatic rings. The average molecular weight is 426 g/mol. The zero-order chi connectivity index (χ0) is 22.8. The van der Waals surface area contributed by atoms with E-state index in [-0.39, 0.29) is 11.8 Å². The highest BCUT2D eigenvalue weighted by Crippen LogP contribution is 2.26. The van der Waals surface area contributed by atoms with Gasteiger partial charge >= 0.3 is 0 Å². The van der Waals surface area contributed by atoms with Crippen LogP contribution < -0.4 is 10.6 Å². The summed E-state index contributed by atoms with van der Waals surface area (Å²) in [4.78, 5) is 24.2. The largest absolute Gasteiger partial charge is 0.354 e. The average Bonchev–Trinajstić information content (AvgIpc) is 2.73. The predicted octanol–water partition coefficient (Wildman–Crippen LogP) is 4.34. The third-order valence-corrected chi connectivity index (χ3v) is 5.53. The van der Waals surface area contributed by atoms with Crippen LogP contribution in [0.2, 0.25) is 0 Å². The molecular formula is C25H39N5O. The minimum absolute atomic E-state index is 0.0132. The first-order valence-corrected chi connectivity index (χ1v) is 11.5. The Kier molecular flexibility index (Phi) is 9.92. The molecule has 170 valence electrons. The summed E-state index contributed by atoms with van der Waals surface area (Å²) in [7, 11) is 0. The molecule has 2 heterocycles. The number of nitrogens with one attached hydrogen (secondary N) is 2. The summed E-state index contributed by atoms with van der Waals surface area (Å²) < 4.78 is 0. The molecule has 1 amide bonds. The van der Waals surface area contributed by atoms with Gasteiger partial charge in [0.1, 0.15) is 11.7 Å². The molecule has 0 spiro atoms. The predicted molar refractivity (Wildman–Crippen MR) is 131 cm³/mol. The van der Waals surface area contributed by atoms with Crippen LogP contribution in [-0.2, 0) is 4.79 Å². The van der Waals surface area contributed by atoms with Crippen molar-refractivity contribution in [2.24, 2.45) is 15.9 Å². The minimum Gasteiger partial charge on any atom is -0.354 e. The highest BCUT2D eigenvalue weighted by atomic mass is 16.1. The van der Waals surface area contributed by atoms with Crippen LogP contribution in [0.3, 0.4) is 0 Å². The quantitative estimate of drug-likeness (QED) is 0.596. The zero-order valence-corrected chi connectivity index (χ0v) is 20.0. The van der Waals surface area contributed by atoms with Crippen molar-refractivity contribution in [3.05, 3.63) is 47.5 Å². The van der Waals surface area contributed by atoms with Gasteiger partial charge in [0, 0.05) is 43.9 Å². The lowest BCUT2D eigenvalue weighted by atomic mass is 9.87. The third-order valence-electron chi connectivity index (χ3n) is 5.53. The van der Waals surface area contributed by atoms with E-state index < -0.39 is 0 Å². The number of carbonyl (C=O) groups excluding carboxylic acids is 1. The van der Waals surface area contributed by atoms with Crippen LogP contribution in [0.4, 0.5) is 0 Å². The number of carbonyl (C=O) groups is 1. The van der Waals surface area contributed by atoms with Gasteiger partial charge in [0.25, 0.3) is 0 Å². The van der Waals surface area contributed by atoms with Gasteiger partial charge in [-0.05, 0) is 57.3 Å². The SMILES string of the molecule is C\C=C(/N=C(\C=C\CC)C(/C)=C1/C(=N/C=C/CC)NC(=O)CC1C)N1CCNC(C)C1. The lowest BCUT2D eigenvalue weighted by Gasteiger charge is -2.34. The number of piperidine rings is 1. The van der Waals surface area contributed by atoms with Crippen LogP contribution >= 0.6 is 0 Å². The molecule has 0 radical (unpaired) electrons. The van der Waals surface area contributed by atoms with Gasteiger partial charge in [0.15, 0.2) is 0 Å². The number of amides is 1. The second-order valence-electron chi connectivity index (χ2n) is 8.22. The van der Waals surface area contributed by atoms with E-state index in [2.05, 4.69) is 73.4 Å². The van der Waals surface area contributed by atoms with Crippen LogP contribution in [0.25, 0.3) is 0 Å². The van der Waals surface area contributed by atoms with Crippen molar-refractivity contribution < 1.29 is 4.79 Å². The van der Waals surface area contributed by atoms with Crippen molar-refractivity contribution in [3.63, 3.8) is 0 Å². The van der Waals surface area contributed by atoms with E-state index in [0.29, 0.717) is 18.3 Å². The van der Waals surface area contributed by atoms with E-state index in [4.69, 9.17) is 4.99 Å².